The van der Waals surface area contributed by atoms with Gasteiger partial charge in [-0.25, -0.2) is 0 Å². The summed E-state index contributed by atoms with van der Waals surface area (Å²) >= 11 is 2.07. The van der Waals surface area contributed by atoms with Gasteiger partial charge in [0.25, 0.3) is 0 Å². The minimum absolute atomic E-state index is 0. The highest BCUT2D eigenvalue weighted by molar-refractivity contribution is 14.0. The number of hydrogen-bond donors (Lipinski definition) is 2. The first-order valence-electron chi connectivity index (χ1n) is 7.34. The molecule has 20 heavy (non-hydrogen) atoms. The van der Waals surface area contributed by atoms with Crippen LogP contribution in [0, 0.1) is 5.92 Å². The Balaban J connectivity index is 0.00000200. The zero-order chi connectivity index (χ0) is 13.9. The summed E-state index contributed by atoms with van der Waals surface area (Å²) in [7, 11) is 1.83. The molecule has 4 nitrogen and oxygen atoms in total. The van der Waals surface area contributed by atoms with Gasteiger partial charge in [0.05, 0.1) is 5.60 Å². The highest BCUT2D eigenvalue weighted by Crippen LogP contribution is 2.30. The van der Waals surface area contributed by atoms with E-state index in [1.54, 1.807) is 0 Å². The van der Waals surface area contributed by atoms with E-state index < -0.39 is 5.60 Å². The Bertz CT molecular complexity index is 334. The standard InChI is InChI=1S/C14H27N3OS.HI/c1-11(2)12-9-17(7-8-19-12)13(15-3)16-10-14(18)5-4-6-14;/h11-12,18H,4-10H2,1-3H3,(H,15,16);1H. The van der Waals surface area contributed by atoms with Crippen LogP contribution < -0.4 is 5.32 Å². The van der Waals surface area contributed by atoms with Gasteiger partial charge in [0.15, 0.2) is 5.96 Å². The summed E-state index contributed by atoms with van der Waals surface area (Å²) in [5.74, 6) is 2.81. The number of hydrogen-bond acceptors (Lipinski definition) is 3. The first-order valence-corrected chi connectivity index (χ1v) is 8.38. The van der Waals surface area contributed by atoms with E-state index in [0.717, 1.165) is 44.1 Å². The van der Waals surface area contributed by atoms with Crippen LogP contribution in [0.1, 0.15) is 33.1 Å². The van der Waals surface area contributed by atoms with Crippen molar-refractivity contribution in [2.45, 2.75) is 44.0 Å². The van der Waals surface area contributed by atoms with Gasteiger partial charge >= 0.3 is 0 Å². The number of guanidine groups is 1. The Morgan fingerprint density at radius 1 is 1.50 bits per heavy atom. The number of aliphatic imine (C=N–C) groups is 1. The number of nitrogens with zero attached hydrogens (tertiary/aromatic N) is 2. The molecule has 2 rings (SSSR count). The molecule has 1 aliphatic carbocycles. The van der Waals surface area contributed by atoms with Crippen molar-refractivity contribution in [3.8, 4) is 0 Å². The molecule has 1 aliphatic heterocycles. The maximum absolute atomic E-state index is 10.2. The lowest BCUT2D eigenvalue weighted by atomic mass is 9.80. The minimum atomic E-state index is -0.488. The van der Waals surface area contributed by atoms with E-state index in [2.05, 4.69) is 40.8 Å². The van der Waals surface area contributed by atoms with Crippen molar-refractivity contribution in [1.29, 1.82) is 0 Å². The van der Waals surface area contributed by atoms with E-state index in [9.17, 15) is 5.11 Å². The molecule has 2 fully saturated rings. The van der Waals surface area contributed by atoms with Gasteiger partial charge in [-0.05, 0) is 25.2 Å². The summed E-state index contributed by atoms with van der Waals surface area (Å²) in [4.78, 5) is 6.71. The summed E-state index contributed by atoms with van der Waals surface area (Å²) in [5.41, 5.74) is -0.488. The van der Waals surface area contributed by atoms with E-state index >= 15 is 0 Å². The average Bonchev–Trinajstić information content (AvgIpc) is 2.37. The third-order valence-corrected chi connectivity index (χ3v) is 5.75. The Morgan fingerprint density at radius 3 is 2.70 bits per heavy atom. The van der Waals surface area contributed by atoms with E-state index in [-0.39, 0.29) is 24.0 Å². The molecule has 0 bridgehead atoms. The fourth-order valence-corrected chi connectivity index (χ4v) is 3.91. The predicted octanol–water partition coefficient (Wildman–Crippen LogP) is 2.17. The quantitative estimate of drug-likeness (QED) is 0.423. The Labute approximate surface area is 144 Å². The lowest BCUT2D eigenvalue weighted by molar-refractivity contribution is -0.0282. The lowest BCUT2D eigenvalue weighted by Crippen LogP contribution is -2.54. The fourth-order valence-electron chi connectivity index (χ4n) is 2.61. The molecule has 1 saturated heterocycles. The molecule has 1 heterocycles. The van der Waals surface area contributed by atoms with Gasteiger partial charge in [0.1, 0.15) is 0 Å². The molecule has 0 aromatic rings. The largest absolute Gasteiger partial charge is 0.388 e. The molecule has 0 radical (unpaired) electrons. The van der Waals surface area contributed by atoms with Crippen molar-refractivity contribution in [3.63, 3.8) is 0 Å². The molecule has 118 valence electrons. The van der Waals surface area contributed by atoms with Gasteiger partial charge < -0.3 is 15.3 Å². The molecule has 0 spiro atoms. The van der Waals surface area contributed by atoms with Crippen molar-refractivity contribution < 1.29 is 5.11 Å². The van der Waals surface area contributed by atoms with Gasteiger partial charge in [0, 0.05) is 37.7 Å². The number of nitrogens with one attached hydrogen (secondary N) is 1. The molecule has 0 amide bonds. The van der Waals surface area contributed by atoms with Crippen LogP contribution >= 0.6 is 35.7 Å². The topological polar surface area (TPSA) is 47.9 Å². The van der Waals surface area contributed by atoms with Crippen LogP contribution in [0.25, 0.3) is 0 Å². The number of halogens is 1. The summed E-state index contributed by atoms with van der Waals surface area (Å²) in [5, 5.41) is 14.2. The minimum Gasteiger partial charge on any atom is -0.388 e. The third kappa shape index (κ3) is 4.66. The molecule has 1 atom stereocenters. The Kier molecular flexibility index (Phi) is 7.41. The van der Waals surface area contributed by atoms with E-state index in [1.807, 2.05) is 7.05 Å². The van der Waals surface area contributed by atoms with Crippen LogP contribution in [-0.2, 0) is 0 Å². The van der Waals surface area contributed by atoms with Crippen LogP contribution in [0.4, 0.5) is 0 Å². The van der Waals surface area contributed by atoms with E-state index in [0.29, 0.717) is 17.7 Å². The molecule has 0 aromatic carbocycles. The SMILES string of the molecule is CN=C(NCC1(O)CCC1)N1CCSC(C(C)C)C1.I. The van der Waals surface area contributed by atoms with Crippen LogP contribution in [0.3, 0.4) is 0 Å². The summed E-state index contributed by atoms with van der Waals surface area (Å²) in [6.45, 7) is 7.31. The van der Waals surface area contributed by atoms with Crippen LogP contribution in [-0.4, -0.2) is 59.3 Å². The van der Waals surface area contributed by atoms with Crippen molar-refractivity contribution in [2.24, 2.45) is 10.9 Å². The van der Waals surface area contributed by atoms with Crippen LogP contribution in [0.2, 0.25) is 0 Å². The van der Waals surface area contributed by atoms with Gasteiger partial charge in [-0.15, -0.1) is 24.0 Å². The van der Waals surface area contributed by atoms with Crippen LogP contribution in [0.15, 0.2) is 4.99 Å². The van der Waals surface area contributed by atoms with Crippen molar-refractivity contribution >= 4 is 41.7 Å². The van der Waals surface area contributed by atoms with Gasteiger partial charge in [0.2, 0.25) is 0 Å². The third-order valence-electron chi connectivity index (χ3n) is 4.21. The van der Waals surface area contributed by atoms with Crippen molar-refractivity contribution in [3.05, 3.63) is 0 Å². The Morgan fingerprint density at radius 2 is 2.20 bits per heavy atom. The first kappa shape index (κ1) is 18.4. The fraction of sp³-hybridized carbons (Fsp3) is 0.929. The van der Waals surface area contributed by atoms with E-state index in [1.165, 1.54) is 0 Å². The molecule has 1 saturated carbocycles. The van der Waals surface area contributed by atoms with Crippen molar-refractivity contribution in [2.75, 3.05) is 32.4 Å². The Hall–Kier alpha value is 0.310. The molecular weight excluding hydrogens is 385 g/mol. The first-order chi connectivity index (χ1) is 9.04. The highest BCUT2D eigenvalue weighted by atomic mass is 127. The molecule has 1 unspecified atom stereocenters. The van der Waals surface area contributed by atoms with Crippen molar-refractivity contribution in [1.82, 2.24) is 10.2 Å². The predicted molar refractivity (Wildman–Crippen MR) is 98.2 cm³/mol. The second kappa shape index (κ2) is 8.08. The highest BCUT2D eigenvalue weighted by Gasteiger charge is 2.35. The van der Waals surface area contributed by atoms with Gasteiger partial charge in [-0.3, -0.25) is 4.99 Å². The van der Waals surface area contributed by atoms with Gasteiger partial charge in [-0.1, -0.05) is 13.8 Å². The monoisotopic (exact) mass is 413 g/mol. The maximum Gasteiger partial charge on any atom is 0.193 e. The smallest absolute Gasteiger partial charge is 0.193 e. The lowest BCUT2D eigenvalue weighted by Gasteiger charge is -2.40. The second-order valence-corrected chi connectivity index (χ2v) is 7.43. The average molecular weight is 413 g/mol. The number of thioether (sulfide) groups is 1. The summed E-state index contributed by atoms with van der Waals surface area (Å²) in [6.07, 6.45) is 2.98. The summed E-state index contributed by atoms with van der Waals surface area (Å²) < 4.78 is 0. The molecule has 2 N–H and O–H groups in total. The molecule has 2 aliphatic rings. The zero-order valence-electron chi connectivity index (χ0n) is 12.8. The maximum atomic E-state index is 10.2. The number of aliphatic hydroxyl groups is 1. The van der Waals surface area contributed by atoms with Gasteiger partial charge in [-0.2, -0.15) is 11.8 Å². The molecule has 6 heteroatoms. The molecular formula is C14H28IN3OS. The van der Waals surface area contributed by atoms with Crippen LogP contribution in [0.5, 0.6) is 0 Å². The zero-order valence-corrected chi connectivity index (χ0v) is 15.9. The number of rotatable bonds is 3. The second-order valence-electron chi connectivity index (χ2n) is 6.08. The summed E-state index contributed by atoms with van der Waals surface area (Å²) in [6, 6.07) is 0. The normalized spacial score (nSPS) is 25.9. The van der Waals surface area contributed by atoms with E-state index in [4.69, 9.17) is 0 Å². The molecule has 0 aromatic heterocycles.